The van der Waals surface area contributed by atoms with Gasteiger partial charge in [0.25, 0.3) is 5.91 Å². The monoisotopic (exact) mass is 419 g/mol. The Morgan fingerprint density at radius 1 is 1.23 bits per heavy atom. The molecule has 1 aromatic carbocycles. The SMILES string of the molecule is O=C1COc2ccc(CNC(=O)c3ncnc4c(NC(=O)C5CCC5)c[nH]c34)cc2C1. The number of fused-ring (bicyclic) bond motifs is 2. The summed E-state index contributed by atoms with van der Waals surface area (Å²) in [5.41, 5.74) is 3.39. The molecule has 0 radical (unpaired) electrons. The van der Waals surface area contributed by atoms with E-state index in [2.05, 4.69) is 25.6 Å². The Kier molecular flexibility index (Phi) is 4.85. The molecule has 31 heavy (non-hydrogen) atoms. The molecular formula is C22H21N5O4. The Morgan fingerprint density at radius 3 is 2.90 bits per heavy atom. The van der Waals surface area contributed by atoms with Crippen LogP contribution in [0.25, 0.3) is 11.0 Å². The molecule has 1 fully saturated rings. The number of anilines is 1. The van der Waals surface area contributed by atoms with Crippen molar-refractivity contribution in [3.63, 3.8) is 0 Å². The van der Waals surface area contributed by atoms with Gasteiger partial charge in [-0.15, -0.1) is 0 Å². The molecule has 3 N–H and O–H groups in total. The van der Waals surface area contributed by atoms with E-state index in [9.17, 15) is 14.4 Å². The molecule has 0 spiro atoms. The fraction of sp³-hybridized carbons (Fsp3) is 0.318. The summed E-state index contributed by atoms with van der Waals surface area (Å²) in [5.74, 6) is 0.397. The van der Waals surface area contributed by atoms with Crippen LogP contribution >= 0.6 is 0 Å². The molecule has 2 aromatic heterocycles. The van der Waals surface area contributed by atoms with Crippen molar-refractivity contribution in [2.45, 2.75) is 32.2 Å². The molecule has 3 aromatic rings. The normalized spacial score (nSPS) is 15.7. The topological polar surface area (TPSA) is 126 Å². The van der Waals surface area contributed by atoms with Crippen molar-refractivity contribution in [2.75, 3.05) is 11.9 Å². The Hall–Kier alpha value is -3.75. The maximum atomic E-state index is 12.8. The summed E-state index contributed by atoms with van der Waals surface area (Å²) < 4.78 is 5.40. The highest BCUT2D eigenvalue weighted by Gasteiger charge is 2.26. The van der Waals surface area contributed by atoms with Crippen LogP contribution in [0.3, 0.4) is 0 Å². The molecule has 9 nitrogen and oxygen atoms in total. The van der Waals surface area contributed by atoms with Gasteiger partial charge >= 0.3 is 0 Å². The van der Waals surface area contributed by atoms with Crippen molar-refractivity contribution < 1.29 is 19.1 Å². The van der Waals surface area contributed by atoms with Gasteiger partial charge in [-0.25, -0.2) is 9.97 Å². The standard InChI is InChI=1S/C22H21N5O4/c28-15-7-14-6-12(4-5-17(14)31-10-15)8-24-22(30)20-19-18(25-11-26-20)16(9-23-19)27-21(29)13-2-1-3-13/h4-6,9,11,13,23H,1-3,7-8,10H2,(H,24,30)(H,27,29). The molecule has 0 saturated heterocycles. The van der Waals surface area contributed by atoms with E-state index in [0.29, 0.717) is 28.9 Å². The lowest BCUT2D eigenvalue weighted by Gasteiger charge is -2.23. The Morgan fingerprint density at radius 2 is 2.10 bits per heavy atom. The molecule has 3 heterocycles. The number of ketones is 1. The van der Waals surface area contributed by atoms with Crippen molar-refractivity contribution in [3.05, 3.63) is 47.5 Å². The zero-order valence-electron chi connectivity index (χ0n) is 16.7. The molecule has 0 bridgehead atoms. The number of H-pyrrole nitrogens is 1. The number of nitrogens with one attached hydrogen (secondary N) is 3. The minimum absolute atomic E-state index is 0.0216. The van der Waals surface area contributed by atoms with Gasteiger partial charge in [-0.3, -0.25) is 14.4 Å². The van der Waals surface area contributed by atoms with Gasteiger partial charge in [-0.2, -0.15) is 0 Å². The van der Waals surface area contributed by atoms with Crippen molar-refractivity contribution in [3.8, 4) is 5.75 Å². The lowest BCUT2D eigenvalue weighted by molar-refractivity contribution is -0.122. The second-order valence-corrected chi connectivity index (χ2v) is 7.89. The maximum Gasteiger partial charge on any atom is 0.272 e. The third-order valence-electron chi connectivity index (χ3n) is 5.77. The number of ether oxygens (including phenoxy) is 1. The summed E-state index contributed by atoms with van der Waals surface area (Å²) in [6.07, 6.45) is 6.16. The highest BCUT2D eigenvalue weighted by atomic mass is 16.5. The predicted octanol–water partition coefficient (Wildman–Crippen LogP) is 2.13. The van der Waals surface area contributed by atoms with Gasteiger partial charge in [-0.05, 0) is 30.5 Å². The predicted molar refractivity (Wildman–Crippen MR) is 112 cm³/mol. The summed E-state index contributed by atoms with van der Waals surface area (Å²) in [7, 11) is 0. The molecule has 5 rings (SSSR count). The first-order valence-corrected chi connectivity index (χ1v) is 10.3. The zero-order valence-corrected chi connectivity index (χ0v) is 16.7. The van der Waals surface area contributed by atoms with E-state index in [1.165, 1.54) is 6.33 Å². The van der Waals surface area contributed by atoms with E-state index < -0.39 is 0 Å². The van der Waals surface area contributed by atoms with Gasteiger partial charge in [-0.1, -0.05) is 12.5 Å². The highest BCUT2D eigenvalue weighted by Crippen LogP contribution is 2.29. The van der Waals surface area contributed by atoms with Crippen molar-refractivity contribution in [1.82, 2.24) is 20.3 Å². The molecule has 2 amide bonds. The number of Topliss-reactive ketones (excluding diaryl/α,β-unsaturated/α-hetero) is 1. The number of amides is 2. The van der Waals surface area contributed by atoms with Crippen LogP contribution in [0.2, 0.25) is 0 Å². The molecule has 158 valence electrons. The molecule has 0 unspecified atom stereocenters. The smallest absolute Gasteiger partial charge is 0.272 e. The van der Waals surface area contributed by atoms with Gasteiger partial charge in [0.2, 0.25) is 5.91 Å². The second kappa shape index (κ2) is 7.82. The first-order valence-electron chi connectivity index (χ1n) is 10.3. The van der Waals surface area contributed by atoms with Gasteiger partial charge in [0, 0.05) is 30.6 Å². The summed E-state index contributed by atoms with van der Waals surface area (Å²) >= 11 is 0. The molecule has 0 atom stereocenters. The van der Waals surface area contributed by atoms with E-state index in [0.717, 1.165) is 30.4 Å². The minimum atomic E-state index is -0.365. The number of carbonyl (C=O) groups is 3. The summed E-state index contributed by atoms with van der Waals surface area (Å²) in [6.45, 7) is 0.379. The number of carbonyl (C=O) groups excluding carboxylic acids is 3. The average Bonchev–Trinajstić information content (AvgIpc) is 3.13. The van der Waals surface area contributed by atoms with Crippen molar-refractivity contribution in [2.24, 2.45) is 5.92 Å². The molecular weight excluding hydrogens is 398 g/mol. The summed E-state index contributed by atoms with van der Waals surface area (Å²) in [6, 6.07) is 5.53. The van der Waals surface area contributed by atoms with Crippen LogP contribution in [0.1, 0.15) is 40.9 Å². The van der Waals surface area contributed by atoms with Crippen LogP contribution < -0.4 is 15.4 Å². The maximum absolute atomic E-state index is 12.8. The van der Waals surface area contributed by atoms with Crippen LogP contribution in [0.5, 0.6) is 5.75 Å². The lowest BCUT2D eigenvalue weighted by Crippen LogP contribution is -2.28. The van der Waals surface area contributed by atoms with E-state index in [1.54, 1.807) is 6.20 Å². The largest absolute Gasteiger partial charge is 0.486 e. The third kappa shape index (κ3) is 3.74. The molecule has 9 heteroatoms. The third-order valence-corrected chi connectivity index (χ3v) is 5.77. The Labute approximate surface area is 177 Å². The van der Waals surface area contributed by atoms with Crippen molar-refractivity contribution >= 4 is 34.3 Å². The van der Waals surface area contributed by atoms with Crippen LogP contribution in [-0.2, 0) is 22.6 Å². The first-order chi connectivity index (χ1) is 15.1. The summed E-state index contributed by atoms with van der Waals surface area (Å²) in [4.78, 5) is 48.0. The van der Waals surface area contributed by atoms with Crippen LogP contribution in [-0.4, -0.2) is 39.2 Å². The lowest BCUT2D eigenvalue weighted by atomic mass is 9.85. The van der Waals surface area contributed by atoms with Crippen molar-refractivity contribution in [1.29, 1.82) is 0 Å². The average molecular weight is 419 g/mol. The zero-order chi connectivity index (χ0) is 21.4. The minimum Gasteiger partial charge on any atom is -0.486 e. The summed E-state index contributed by atoms with van der Waals surface area (Å²) in [5, 5.41) is 5.74. The van der Waals surface area contributed by atoms with Gasteiger partial charge < -0.3 is 20.4 Å². The van der Waals surface area contributed by atoms with Crippen LogP contribution in [0, 0.1) is 5.92 Å². The number of aromatic nitrogens is 3. The molecule has 2 aliphatic rings. The second-order valence-electron chi connectivity index (χ2n) is 7.89. The van der Waals surface area contributed by atoms with Gasteiger partial charge in [0.15, 0.2) is 11.5 Å². The highest BCUT2D eigenvalue weighted by molar-refractivity contribution is 6.08. The quantitative estimate of drug-likeness (QED) is 0.582. The van der Waals surface area contributed by atoms with E-state index >= 15 is 0 Å². The fourth-order valence-electron chi connectivity index (χ4n) is 3.82. The number of rotatable bonds is 5. The van der Waals surface area contributed by atoms with E-state index in [-0.39, 0.29) is 42.4 Å². The Bertz CT molecular complexity index is 1200. The van der Waals surface area contributed by atoms with Gasteiger partial charge in [0.05, 0.1) is 11.2 Å². The Balaban J connectivity index is 1.30. The number of benzene rings is 1. The molecule has 1 saturated carbocycles. The molecule has 1 aliphatic heterocycles. The van der Waals surface area contributed by atoms with Gasteiger partial charge in [0.1, 0.15) is 24.2 Å². The number of hydrogen-bond acceptors (Lipinski definition) is 6. The first kappa shape index (κ1) is 19.2. The van der Waals surface area contributed by atoms with E-state index in [1.807, 2.05) is 18.2 Å². The fourth-order valence-corrected chi connectivity index (χ4v) is 3.82. The van der Waals surface area contributed by atoms with E-state index in [4.69, 9.17) is 4.74 Å². The number of aromatic amines is 1. The number of hydrogen-bond donors (Lipinski definition) is 3. The molecule has 1 aliphatic carbocycles. The van der Waals surface area contributed by atoms with Crippen LogP contribution in [0.4, 0.5) is 5.69 Å². The van der Waals surface area contributed by atoms with Crippen LogP contribution in [0.15, 0.2) is 30.7 Å². The number of nitrogens with zero attached hydrogens (tertiary/aromatic N) is 2.